The Morgan fingerprint density at radius 2 is 2.28 bits per heavy atom. The number of amides is 1. The van der Waals surface area contributed by atoms with Gasteiger partial charge in [-0.2, -0.15) is 0 Å². The fraction of sp³-hybridized carbons (Fsp3) is 0.250. The smallest absolute Gasteiger partial charge is 0.243 e. The lowest BCUT2D eigenvalue weighted by molar-refractivity contribution is -0.118. The molecule has 6 heteroatoms. The SMILES string of the molecule is COCC(N)C(=O)Nc1cccc2[nH]ccc12.Cl. The molecule has 1 heterocycles. The van der Waals surface area contributed by atoms with Gasteiger partial charge in [0.2, 0.25) is 5.91 Å². The molecule has 0 radical (unpaired) electrons. The number of rotatable bonds is 4. The van der Waals surface area contributed by atoms with Crippen molar-refractivity contribution in [2.24, 2.45) is 5.73 Å². The van der Waals surface area contributed by atoms with Crippen molar-refractivity contribution in [3.8, 4) is 0 Å². The third-order valence-corrected chi connectivity index (χ3v) is 2.54. The Kier molecular flexibility index (Phi) is 5.15. The van der Waals surface area contributed by atoms with Crippen LogP contribution in [0.15, 0.2) is 30.5 Å². The minimum absolute atomic E-state index is 0. The van der Waals surface area contributed by atoms with E-state index in [-0.39, 0.29) is 24.9 Å². The van der Waals surface area contributed by atoms with Gasteiger partial charge in [-0.3, -0.25) is 4.79 Å². The molecular formula is C12H16ClN3O2. The first-order valence-corrected chi connectivity index (χ1v) is 5.34. The number of carbonyl (C=O) groups excluding carboxylic acids is 1. The predicted octanol–water partition coefficient (Wildman–Crippen LogP) is 1.50. The van der Waals surface area contributed by atoms with E-state index in [2.05, 4.69) is 10.3 Å². The number of ether oxygens (including phenoxy) is 1. The molecule has 0 aliphatic heterocycles. The normalized spacial score (nSPS) is 11.9. The number of H-pyrrole nitrogens is 1. The topological polar surface area (TPSA) is 80.1 Å². The number of halogens is 1. The summed E-state index contributed by atoms with van der Waals surface area (Å²) >= 11 is 0. The van der Waals surface area contributed by atoms with Crippen molar-refractivity contribution in [2.45, 2.75) is 6.04 Å². The molecule has 1 amide bonds. The van der Waals surface area contributed by atoms with Gasteiger partial charge in [0.1, 0.15) is 6.04 Å². The Labute approximate surface area is 111 Å². The van der Waals surface area contributed by atoms with Crippen LogP contribution in [0.2, 0.25) is 0 Å². The van der Waals surface area contributed by atoms with Gasteiger partial charge in [0.05, 0.1) is 12.3 Å². The molecule has 1 unspecified atom stereocenters. The third-order valence-electron chi connectivity index (χ3n) is 2.54. The van der Waals surface area contributed by atoms with Crippen LogP contribution in [0.4, 0.5) is 5.69 Å². The maximum absolute atomic E-state index is 11.7. The molecule has 0 bridgehead atoms. The molecule has 18 heavy (non-hydrogen) atoms. The van der Waals surface area contributed by atoms with Crippen LogP contribution in [-0.4, -0.2) is 30.6 Å². The summed E-state index contributed by atoms with van der Waals surface area (Å²) in [6.45, 7) is 0.203. The highest BCUT2D eigenvalue weighted by molar-refractivity contribution is 6.03. The van der Waals surface area contributed by atoms with E-state index in [1.165, 1.54) is 7.11 Å². The lowest BCUT2D eigenvalue weighted by Gasteiger charge is -2.11. The molecular weight excluding hydrogens is 254 g/mol. The van der Waals surface area contributed by atoms with Gasteiger partial charge < -0.3 is 20.8 Å². The Hall–Kier alpha value is -1.56. The van der Waals surface area contributed by atoms with Crippen LogP contribution in [0, 0.1) is 0 Å². The molecule has 0 aliphatic carbocycles. The number of hydrogen-bond acceptors (Lipinski definition) is 3. The number of nitrogens with two attached hydrogens (primary N) is 1. The van der Waals surface area contributed by atoms with Crippen LogP contribution >= 0.6 is 12.4 Å². The van der Waals surface area contributed by atoms with E-state index >= 15 is 0 Å². The number of carbonyl (C=O) groups is 1. The summed E-state index contributed by atoms with van der Waals surface area (Å²) in [5.74, 6) is -0.249. The molecule has 98 valence electrons. The first-order chi connectivity index (χ1) is 8.22. The zero-order valence-electron chi connectivity index (χ0n) is 9.97. The average Bonchev–Trinajstić information content (AvgIpc) is 2.78. The standard InChI is InChI=1S/C12H15N3O2.ClH/c1-17-7-9(13)12(16)15-11-4-2-3-10-8(11)5-6-14-10;/h2-6,9,14H,7,13H2,1H3,(H,15,16);1H. The summed E-state index contributed by atoms with van der Waals surface area (Å²) in [6.07, 6.45) is 1.83. The van der Waals surface area contributed by atoms with Crippen molar-refractivity contribution in [2.75, 3.05) is 19.0 Å². The molecule has 0 spiro atoms. The van der Waals surface area contributed by atoms with Crippen molar-refractivity contribution in [3.63, 3.8) is 0 Å². The van der Waals surface area contributed by atoms with E-state index in [1.54, 1.807) is 0 Å². The van der Waals surface area contributed by atoms with Gasteiger partial charge in [0.25, 0.3) is 0 Å². The molecule has 5 nitrogen and oxygen atoms in total. The average molecular weight is 270 g/mol. The summed E-state index contributed by atoms with van der Waals surface area (Å²) < 4.78 is 4.84. The maximum atomic E-state index is 11.7. The van der Waals surface area contributed by atoms with Crippen LogP contribution in [-0.2, 0) is 9.53 Å². The molecule has 0 aliphatic rings. The van der Waals surface area contributed by atoms with Gasteiger partial charge >= 0.3 is 0 Å². The van der Waals surface area contributed by atoms with Crippen molar-refractivity contribution in [1.29, 1.82) is 0 Å². The first kappa shape index (κ1) is 14.5. The van der Waals surface area contributed by atoms with Crippen LogP contribution in [0.1, 0.15) is 0 Å². The number of benzene rings is 1. The summed E-state index contributed by atoms with van der Waals surface area (Å²) in [4.78, 5) is 14.8. The number of methoxy groups -OCH3 is 1. The van der Waals surface area contributed by atoms with Crippen LogP contribution < -0.4 is 11.1 Å². The Morgan fingerprint density at radius 1 is 1.50 bits per heavy atom. The van der Waals surface area contributed by atoms with E-state index in [0.29, 0.717) is 0 Å². The van der Waals surface area contributed by atoms with E-state index in [0.717, 1.165) is 16.6 Å². The highest BCUT2D eigenvalue weighted by Gasteiger charge is 2.14. The largest absolute Gasteiger partial charge is 0.383 e. The monoisotopic (exact) mass is 269 g/mol. The summed E-state index contributed by atoms with van der Waals surface area (Å²) in [5.41, 5.74) is 7.38. The summed E-state index contributed by atoms with van der Waals surface area (Å²) in [7, 11) is 1.51. The number of aromatic amines is 1. The Bertz CT molecular complexity index is 527. The van der Waals surface area contributed by atoms with Crippen LogP contribution in [0.25, 0.3) is 10.9 Å². The van der Waals surface area contributed by atoms with Gasteiger partial charge in [0.15, 0.2) is 0 Å². The first-order valence-electron chi connectivity index (χ1n) is 5.34. The summed E-state index contributed by atoms with van der Waals surface area (Å²) in [5, 5.41) is 3.76. The third kappa shape index (κ3) is 3.01. The molecule has 1 atom stereocenters. The molecule has 2 aromatic rings. The van der Waals surface area contributed by atoms with Crippen molar-refractivity contribution in [1.82, 2.24) is 4.98 Å². The van der Waals surface area contributed by atoms with Gasteiger partial charge in [-0.1, -0.05) is 6.07 Å². The van der Waals surface area contributed by atoms with Gasteiger partial charge in [-0.25, -0.2) is 0 Å². The molecule has 2 rings (SSSR count). The van der Waals surface area contributed by atoms with Crippen LogP contribution in [0.5, 0.6) is 0 Å². The van der Waals surface area contributed by atoms with Crippen molar-refractivity contribution < 1.29 is 9.53 Å². The fourth-order valence-corrected chi connectivity index (χ4v) is 1.68. The quantitative estimate of drug-likeness (QED) is 0.787. The highest BCUT2D eigenvalue weighted by atomic mass is 35.5. The van der Waals surface area contributed by atoms with E-state index < -0.39 is 6.04 Å². The second-order valence-electron chi connectivity index (χ2n) is 3.80. The van der Waals surface area contributed by atoms with E-state index in [4.69, 9.17) is 10.5 Å². The molecule has 4 N–H and O–H groups in total. The lowest BCUT2D eigenvalue weighted by Crippen LogP contribution is -2.39. The van der Waals surface area contributed by atoms with E-state index in [9.17, 15) is 4.79 Å². The Morgan fingerprint density at radius 3 is 3.00 bits per heavy atom. The number of anilines is 1. The fourth-order valence-electron chi connectivity index (χ4n) is 1.68. The molecule has 0 saturated carbocycles. The predicted molar refractivity (Wildman–Crippen MR) is 74.0 cm³/mol. The Balaban J connectivity index is 0.00000162. The number of hydrogen-bond donors (Lipinski definition) is 3. The minimum Gasteiger partial charge on any atom is -0.383 e. The van der Waals surface area contributed by atoms with Crippen molar-refractivity contribution >= 4 is 34.9 Å². The van der Waals surface area contributed by atoms with Gasteiger partial charge in [-0.15, -0.1) is 12.4 Å². The second kappa shape index (κ2) is 6.39. The van der Waals surface area contributed by atoms with Crippen LogP contribution in [0.3, 0.4) is 0 Å². The van der Waals surface area contributed by atoms with E-state index in [1.807, 2.05) is 30.5 Å². The molecule has 0 fully saturated rings. The number of fused-ring (bicyclic) bond motifs is 1. The number of nitrogens with one attached hydrogen (secondary N) is 2. The van der Waals surface area contributed by atoms with Gasteiger partial charge in [-0.05, 0) is 18.2 Å². The molecule has 1 aromatic heterocycles. The maximum Gasteiger partial charge on any atom is 0.243 e. The summed E-state index contributed by atoms with van der Waals surface area (Å²) in [6, 6.07) is 6.91. The minimum atomic E-state index is -0.658. The lowest BCUT2D eigenvalue weighted by atomic mass is 10.2. The zero-order valence-corrected chi connectivity index (χ0v) is 10.8. The zero-order chi connectivity index (χ0) is 12.3. The number of aromatic nitrogens is 1. The molecule has 0 saturated heterocycles. The van der Waals surface area contributed by atoms with Crippen molar-refractivity contribution in [3.05, 3.63) is 30.5 Å². The second-order valence-corrected chi connectivity index (χ2v) is 3.80. The van der Waals surface area contributed by atoms with Gasteiger partial charge in [0, 0.05) is 24.2 Å². The highest BCUT2D eigenvalue weighted by Crippen LogP contribution is 2.22. The molecule has 1 aromatic carbocycles.